The molecule has 1 radical (unpaired) electrons. The Hall–Kier alpha value is 0.190. The maximum Gasteiger partial charge on any atom is 0.141 e. The third-order valence-corrected chi connectivity index (χ3v) is 3.44. The van der Waals surface area contributed by atoms with Gasteiger partial charge in [-0.3, -0.25) is 0 Å². The van der Waals surface area contributed by atoms with Crippen molar-refractivity contribution in [1.82, 2.24) is 0 Å². The minimum absolute atomic E-state index is 0.987. The van der Waals surface area contributed by atoms with Crippen LogP contribution in [0.2, 0.25) is 0 Å². The molecule has 0 atom stereocenters. The molecule has 0 aromatic heterocycles. The molecule has 1 heterocycles. The smallest absolute Gasteiger partial charge is 0.141 e. The van der Waals surface area contributed by atoms with Gasteiger partial charge in [-0.15, -0.1) is 0 Å². The largest absolute Gasteiger partial charge is 0.197 e. The molecule has 0 unspecified atom stereocenters. The standard InChI is InChI=1S/C5H6NS2/c6-4-5-2-1-3-7-8-5/h1-3H2. The molecule has 1 aliphatic rings. The van der Waals surface area contributed by atoms with Gasteiger partial charge in [0.05, 0.1) is 6.07 Å². The molecule has 1 fully saturated rings. The summed E-state index contributed by atoms with van der Waals surface area (Å²) < 4.78 is 0. The van der Waals surface area contributed by atoms with E-state index in [9.17, 15) is 0 Å². The van der Waals surface area contributed by atoms with Crippen LogP contribution in [0.3, 0.4) is 0 Å². The van der Waals surface area contributed by atoms with Crippen LogP contribution in [0.1, 0.15) is 12.8 Å². The van der Waals surface area contributed by atoms with Crippen molar-refractivity contribution in [1.29, 1.82) is 5.26 Å². The van der Waals surface area contributed by atoms with Crippen LogP contribution in [0.25, 0.3) is 0 Å². The highest BCUT2D eigenvalue weighted by atomic mass is 33.1. The van der Waals surface area contributed by atoms with Gasteiger partial charge in [-0.1, -0.05) is 21.6 Å². The fraction of sp³-hybridized carbons (Fsp3) is 0.600. The van der Waals surface area contributed by atoms with Crippen molar-refractivity contribution in [3.05, 3.63) is 5.25 Å². The van der Waals surface area contributed by atoms with Crippen molar-refractivity contribution in [2.45, 2.75) is 12.8 Å². The average Bonchev–Trinajstić information content (AvgIpc) is 1.90. The second kappa shape index (κ2) is 3.26. The highest BCUT2D eigenvalue weighted by Crippen LogP contribution is 2.40. The van der Waals surface area contributed by atoms with E-state index in [0.717, 1.165) is 11.7 Å². The van der Waals surface area contributed by atoms with Gasteiger partial charge in [0.15, 0.2) is 0 Å². The molecule has 43 valence electrons. The Labute approximate surface area is 57.2 Å². The Bertz CT molecular complexity index is 101. The number of hydrogen-bond acceptors (Lipinski definition) is 3. The fourth-order valence-electron chi connectivity index (χ4n) is 0.521. The predicted molar refractivity (Wildman–Crippen MR) is 38.1 cm³/mol. The summed E-state index contributed by atoms with van der Waals surface area (Å²) in [6.07, 6.45) is 2.19. The second-order valence-corrected chi connectivity index (χ2v) is 4.05. The minimum Gasteiger partial charge on any atom is -0.197 e. The molecule has 0 spiro atoms. The quantitative estimate of drug-likeness (QED) is 0.487. The molecular formula is C5H6NS2. The summed E-state index contributed by atoms with van der Waals surface area (Å²) in [7, 11) is 3.42. The van der Waals surface area contributed by atoms with Gasteiger partial charge >= 0.3 is 0 Å². The zero-order chi connectivity index (χ0) is 5.82. The average molecular weight is 144 g/mol. The second-order valence-electron chi connectivity index (χ2n) is 1.54. The SMILES string of the molecule is N#C[C]1CCCSS1. The van der Waals surface area contributed by atoms with Gasteiger partial charge in [0.2, 0.25) is 0 Å². The summed E-state index contributed by atoms with van der Waals surface area (Å²) in [5.74, 6) is 1.20. The van der Waals surface area contributed by atoms with E-state index in [2.05, 4.69) is 6.07 Å². The lowest BCUT2D eigenvalue weighted by Gasteiger charge is -2.10. The van der Waals surface area contributed by atoms with Gasteiger partial charge in [-0.2, -0.15) is 5.26 Å². The Morgan fingerprint density at radius 3 is 2.88 bits per heavy atom. The van der Waals surface area contributed by atoms with Crippen molar-refractivity contribution in [2.75, 3.05) is 5.75 Å². The van der Waals surface area contributed by atoms with E-state index in [-0.39, 0.29) is 0 Å². The highest BCUT2D eigenvalue weighted by Gasteiger charge is 2.13. The zero-order valence-electron chi connectivity index (χ0n) is 4.39. The first-order valence-electron chi connectivity index (χ1n) is 2.49. The van der Waals surface area contributed by atoms with Crippen LogP contribution in [0.4, 0.5) is 0 Å². The Morgan fingerprint density at radius 2 is 2.50 bits per heavy atom. The van der Waals surface area contributed by atoms with Crippen LogP contribution in [-0.4, -0.2) is 5.75 Å². The van der Waals surface area contributed by atoms with Crippen molar-refractivity contribution in [2.24, 2.45) is 0 Å². The van der Waals surface area contributed by atoms with E-state index < -0.39 is 0 Å². The topological polar surface area (TPSA) is 23.8 Å². The fourth-order valence-corrected chi connectivity index (χ4v) is 2.67. The first kappa shape index (κ1) is 6.31. The minimum atomic E-state index is 0.987. The van der Waals surface area contributed by atoms with Crippen LogP contribution in [-0.2, 0) is 0 Å². The third kappa shape index (κ3) is 1.61. The maximum atomic E-state index is 8.37. The Balaban J connectivity index is 2.25. The van der Waals surface area contributed by atoms with Gasteiger partial charge in [-0.05, 0) is 12.8 Å². The van der Waals surface area contributed by atoms with Crippen molar-refractivity contribution >= 4 is 21.6 Å². The summed E-state index contributed by atoms with van der Waals surface area (Å²) in [4.78, 5) is 0. The normalized spacial score (nSPS) is 22.4. The van der Waals surface area contributed by atoms with E-state index in [1.54, 1.807) is 21.6 Å². The zero-order valence-corrected chi connectivity index (χ0v) is 6.02. The molecule has 0 saturated carbocycles. The van der Waals surface area contributed by atoms with Crippen LogP contribution in [0, 0.1) is 16.6 Å². The Morgan fingerprint density at radius 1 is 1.62 bits per heavy atom. The molecule has 3 heteroatoms. The molecule has 1 rings (SSSR count). The van der Waals surface area contributed by atoms with Crippen LogP contribution >= 0.6 is 21.6 Å². The summed E-state index contributed by atoms with van der Waals surface area (Å²) in [5.41, 5.74) is 0. The van der Waals surface area contributed by atoms with Crippen molar-refractivity contribution in [3.8, 4) is 6.07 Å². The molecule has 1 nitrogen and oxygen atoms in total. The molecule has 0 N–H and O–H groups in total. The van der Waals surface area contributed by atoms with Gasteiger partial charge < -0.3 is 0 Å². The summed E-state index contributed by atoms with van der Waals surface area (Å²) >= 11 is 0. The van der Waals surface area contributed by atoms with E-state index in [0.29, 0.717) is 0 Å². The Kier molecular flexibility index (Phi) is 2.57. The van der Waals surface area contributed by atoms with Crippen LogP contribution in [0.15, 0.2) is 0 Å². The summed E-state index contributed by atoms with van der Waals surface area (Å²) in [6.45, 7) is 0. The van der Waals surface area contributed by atoms with E-state index in [1.807, 2.05) is 0 Å². The van der Waals surface area contributed by atoms with Gasteiger partial charge in [0.1, 0.15) is 5.25 Å². The lowest BCUT2D eigenvalue weighted by atomic mass is 10.3. The molecule has 1 saturated heterocycles. The molecule has 0 aliphatic carbocycles. The first-order chi connectivity index (χ1) is 3.93. The molecule has 0 aromatic carbocycles. The summed E-state index contributed by atoms with van der Waals surface area (Å²) in [5, 5.41) is 9.36. The van der Waals surface area contributed by atoms with Crippen LogP contribution < -0.4 is 0 Å². The molecular weight excluding hydrogens is 138 g/mol. The highest BCUT2D eigenvalue weighted by molar-refractivity contribution is 8.77. The number of nitrogens with zero attached hydrogens (tertiary/aromatic N) is 1. The monoisotopic (exact) mass is 144 g/mol. The molecule has 0 aromatic rings. The number of hydrogen-bond donors (Lipinski definition) is 0. The van der Waals surface area contributed by atoms with E-state index in [4.69, 9.17) is 5.26 Å². The lowest BCUT2D eigenvalue weighted by molar-refractivity contribution is 0.918. The van der Waals surface area contributed by atoms with Gasteiger partial charge in [-0.25, -0.2) is 0 Å². The third-order valence-electron chi connectivity index (χ3n) is 0.916. The maximum absolute atomic E-state index is 8.37. The van der Waals surface area contributed by atoms with Crippen molar-refractivity contribution < 1.29 is 0 Å². The molecule has 1 aliphatic heterocycles. The van der Waals surface area contributed by atoms with Gasteiger partial charge in [0.25, 0.3) is 0 Å². The summed E-state index contributed by atoms with van der Waals surface area (Å²) in [6, 6.07) is 2.16. The van der Waals surface area contributed by atoms with Gasteiger partial charge in [0, 0.05) is 5.75 Å². The van der Waals surface area contributed by atoms with Crippen LogP contribution in [0.5, 0.6) is 0 Å². The molecule has 0 amide bonds. The predicted octanol–water partition coefficient (Wildman–Crippen LogP) is 2.22. The van der Waals surface area contributed by atoms with Crippen molar-refractivity contribution in [3.63, 3.8) is 0 Å². The lowest BCUT2D eigenvalue weighted by Crippen LogP contribution is -1.93. The molecule has 8 heavy (non-hydrogen) atoms. The van der Waals surface area contributed by atoms with E-state index in [1.165, 1.54) is 12.2 Å². The molecule has 0 bridgehead atoms. The first-order valence-corrected chi connectivity index (χ1v) is 4.81. The number of nitriles is 1. The van der Waals surface area contributed by atoms with E-state index >= 15 is 0 Å². The number of rotatable bonds is 0.